The van der Waals surface area contributed by atoms with Gasteiger partial charge in [0.25, 0.3) is 0 Å². The molecule has 0 aliphatic heterocycles. The highest BCUT2D eigenvalue weighted by Gasteiger charge is 2.10. The molecule has 0 unspecified atom stereocenters. The zero-order valence-electron chi connectivity index (χ0n) is 9.74. The van der Waals surface area contributed by atoms with Gasteiger partial charge in [-0.25, -0.2) is 0 Å². The smallest absolute Gasteiger partial charge is 0.322 e. The van der Waals surface area contributed by atoms with Gasteiger partial charge in [0.15, 0.2) is 0 Å². The number of hydrogen-bond donors (Lipinski definition) is 3. The van der Waals surface area contributed by atoms with Gasteiger partial charge in [-0.3, -0.25) is 9.59 Å². The number of rotatable bonds is 3. The number of carbonyl (C=O) groups excluding carboxylic acids is 1. The summed E-state index contributed by atoms with van der Waals surface area (Å²) >= 11 is 4.26. The summed E-state index contributed by atoms with van der Waals surface area (Å²) in [5.74, 6) is 0.708. The molecule has 0 saturated heterocycles. The number of aliphatic carboxylic acids is 1. The average molecular weight is 247 g/mol. The molecule has 1 aliphatic rings. The first-order valence-electron chi connectivity index (χ1n) is 5.63. The van der Waals surface area contributed by atoms with Gasteiger partial charge in [-0.1, -0.05) is 19.3 Å². The number of nitrogens with one attached hydrogen (secondary N) is 1. The molecule has 16 heavy (non-hydrogen) atoms. The molecule has 1 rings (SSSR count). The third-order valence-corrected chi connectivity index (χ3v) is 2.99. The van der Waals surface area contributed by atoms with Crippen molar-refractivity contribution in [3.05, 3.63) is 0 Å². The van der Waals surface area contributed by atoms with Crippen LogP contribution in [0.5, 0.6) is 0 Å². The third-order valence-electron chi connectivity index (χ3n) is 2.47. The van der Waals surface area contributed by atoms with Crippen molar-refractivity contribution in [2.45, 2.75) is 39.0 Å². The molecule has 0 aromatic carbocycles. The van der Waals surface area contributed by atoms with Gasteiger partial charge >= 0.3 is 5.97 Å². The Balaban J connectivity index is 0.000000281. The van der Waals surface area contributed by atoms with Crippen molar-refractivity contribution in [3.8, 4) is 0 Å². The van der Waals surface area contributed by atoms with E-state index in [0.717, 1.165) is 11.7 Å². The molecule has 1 fully saturated rings. The maximum atomic E-state index is 9.97. The van der Waals surface area contributed by atoms with Crippen LogP contribution in [-0.4, -0.2) is 29.3 Å². The van der Waals surface area contributed by atoms with Crippen LogP contribution >= 0.6 is 12.6 Å². The van der Waals surface area contributed by atoms with Crippen LogP contribution in [0.2, 0.25) is 0 Å². The standard InChI is InChI=1S/C7H14S.C4H7NO3/c8-6-7-4-2-1-3-5-7;1-3(6)5-2-4(7)8/h7-8H,1-6H2;2H2,1H3,(H,5,6)(H,7,8). The zero-order chi connectivity index (χ0) is 12.4. The first-order chi connectivity index (χ1) is 7.56. The van der Waals surface area contributed by atoms with Crippen LogP contribution in [-0.2, 0) is 9.59 Å². The lowest BCUT2D eigenvalue weighted by molar-refractivity contribution is -0.137. The summed E-state index contributed by atoms with van der Waals surface area (Å²) in [6.45, 7) is 0.971. The molecule has 0 heterocycles. The monoisotopic (exact) mass is 247 g/mol. The fourth-order valence-corrected chi connectivity index (χ4v) is 1.93. The van der Waals surface area contributed by atoms with Crippen LogP contribution in [0.1, 0.15) is 39.0 Å². The highest BCUT2D eigenvalue weighted by molar-refractivity contribution is 7.80. The number of thiol groups is 1. The normalized spacial score (nSPS) is 15.9. The Morgan fingerprint density at radius 1 is 1.31 bits per heavy atom. The van der Waals surface area contributed by atoms with Crippen LogP contribution in [0.25, 0.3) is 0 Å². The Labute approximate surface area is 102 Å². The minimum absolute atomic E-state index is 0.296. The second-order valence-electron chi connectivity index (χ2n) is 3.99. The largest absolute Gasteiger partial charge is 0.480 e. The first kappa shape index (κ1) is 15.3. The maximum absolute atomic E-state index is 9.97. The van der Waals surface area contributed by atoms with Crippen molar-refractivity contribution in [2.24, 2.45) is 5.92 Å². The first-order valence-corrected chi connectivity index (χ1v) is 6.26. The van der Waals surface area contributed by atoms with E-state index in [2.05, 4.69) is 17.9 Å². The Bertz CT molecular complexity index is 201. The van der Waals surface area contributed by atoms with Crippen LogP contribution in [0.3, 0.4) is 0 Å². The number of carbonyl (C=O) groups is 2. The third kappa shape index (κ3) is 9.83. The molecule has 0 atom stereocenters. The van der Waals surface area contributed by atoms with Crippen molar-refractivity contribution in [3.63, 3.8) is 0 Å². The predicted molar refractivity (Wildman–Crippen MR) is 66.7 cm³/mol. The van der Waals surface area contributed by atoms with Crippen LogP contribution in [0.15, 0.2) is 0 Å². The highest BCUT2D eigenvalue weighted by atomic mass is 32.1. The summed E-state index contributed by atoms with van der Waals surface area (Å²) < 4.78 is 0. The predicted octanol–water partition coefficient (Wildman–Crippen LogP) is 1.70. The Kier molecular flexibility index (Phi) is 9.09. The van der Waals surface area contributed by atoms with Crippen molar-refractivity contribution >= 4 is 24.5 Å². The van der Waals surface area contributed by atoms with Crippen LogP contribution in [0, 0.1) is 5.92 Å². The second-order valence-corrected chi connectivity index (χ2v) is 4.36. The topological polar surface area (TPSA) is 66.4 Å². The molecule has 1 saturated carbocycles. The van der Waals surface area contributed by atoms with E-state index >= 15 is 0 Å². The molecule has 0 spiro atoms. The molecular weight excluding hydrogens is 226 g/mol. The van der Waals surface area contributed by atoms with Gasteiger partial charge in [0.1, 0.15) is 6.54 Å². The number of amides is 1. The molecule has 94 valence electrons. The average Bonchev–Trinajstić information content (AvgIpc) is 2.28. The summed E-state index contributed by atoms with van der Waals surface area (Å²) in [6.07, 6.45) is 7.23. The SMILES string of the molecule is CC(=O)NCC(=O)O.SCC1CCCCC1. The van der Waals surface area contributed by atoms with E-state index in [9.17, 15) is 9.59 Å². The fourth-order valence-electron chi connectivity index (χ4n) is 1.57. The van der Waals surface area contributed by atoms with Crippen molar-refractivity contribution < 1.29 is 14.7 Å². The van der Waals surface area contributed by atoms with E-state index in [-0.39, 0.29) is 12.5 Å². The summed E-state index contributed by atoms with van der Waals surface area (Å²) in [5.41, 5.74) is 0. The molecule has 0 radical (unpaired) electrons. The number of carboxylic acids is 1. The molecule has 1 aliphatic carbocycles. The highest BCUT2D eigenvalue weighted by Crippen LogP contribution is 2.23. The second kappa shape index (κ2) is 9.51. The van der Waals surface area contributed by atoms with Crippen LogP contribution < -0.4 is 5.32 Å². The summed E-state index contributed by atoms with van der Waals surface area (Å²) in [5, 5.41) is 10.1. The molecule has 1 amide bonds. The number of carboxylic acid groups (broad SMARTS) is 1. The molecule has 0 bridgehead atoms. The fraction of sp³-hybridized carbons (Fsp3) is 0.818. The van der Waals surface area contributed by atoms with Gasteiger partial charge in [-0.15, -0.1) is 0 Å². The Morgan fingerprint density at radius 2 is 1.88 bits per heavy atom. The van der Waals surface area contributed by atoms with Gasteiger partial charge in [0.05, 0.1) is 0 Å². The van der Waals surface area contributed by atoms with Crippen molar-refractivity contribution in [1.82, 2.24) is 5.32 Å². The number of hydrogen-bond acceptors (Lipinski definition) is 3. The molecule has 0 aromatic heterocycles. The zero-order valence-corrected chi connectivity index (χ0v) is 10.6. The van der Waals surface area contributed by atoms with Crippen LogP contribution in [0.4, 0.5) is 0 Å². The molecule has 2 N–H and O–H groups in total. The summed E-state index contributed by atoms with van der Waals surface area (Å²) in [4.78, 5) is 19.7. The van der Waals surface area contributed by atoms with E-state index < -0.39 is 5.97 Å². The molecule has 4 nitrogen and oxygen atoms in total. The Hall–Kier alpha value is -0.710. The van der Waals surface area contributed by atoms with E-state index in [1.165, 1.54) is 39.0 Å². The quantitative estimate of drug-likeness (QED) is 0.665. The summed E-state index contributed by atoms with van der Waals surface area (Å²) in [6, 6.07) is 0. The van der Waals surface area contributed by atoms with Gasteiger partial charge in [-0.2, -0.15) is 12.6 Å². The maximum Gasteiger partial charge on any atom is 0.322 e. The lowest BCUT2D eigenvalue weighted by atomic mass is 9.91. The van der Waals surface area contributed by atoms with Gasteiger partial charge in [-0.05, 0) is 24.5 Å². The van der Waals surface area contributed by atoms with E-state index in [1.54, 1.807) is 0 Å². The Morgan fingerprint density at radius 3 is 2.12 bits per heavy atom. The summed E-state index contributed by atoms with van der Waals surface area (Å²) in [7, 11) is 0. The lowest BCUT2D eigenvalue weighted by Crippen LogP contribution is -2.26. The van der Waals surface area contributed by atoms with E-state index in [4.69, 9.17) is 5.11 Å². The molecule has 5 heteroatoms. The van der Waals surface area contributed by atoms with E-state index in [0.29, 0.717) is 0 Å². The van der Waals surface area contributed by atoms with Crippen molar-refractivity contribution in [1.29, 1.82) is 0 Å². The minimum Gasteiger partial charge on any atom is -0.480 e. The van der Waals surface area contributed by atoms with Crippen molar-refractivity contribution in [2.75, 3.05) is 12.3 Å². The van der Waals surface area contributed by atoms with Gasteiger partial charge < -0.3 is 10.4 Å². The van der Waals surface area contributed by atoms with E-state index in [1.807, 2.05) is 0 Å². The molecular formula is C11H21NO3S. The van der Waals surface area contributed by atoms with Gasteiger partial charge in [0.2, 0.25) is 5.91 Å². The minimum atomic E-state index is -1.03. The van der Waals surface area contributed by atoms with Gasteiger partial charge in [0, 0.05) is 6.92 Å². The molecule has 0 aromatic rings. The lowest BCUT2D eigenvalue weighted by Gasteiger charge is -2.18.